The summed E-state index contributed by atoms with van der Waals surface area (Å²) < 4.78 is 7.15. The van der Waals surface area contributed by atoms with Crippen molar-refractivity contribution in [3.63, 3.8) is 0 Å². The summed E-state index contributed by atoms with van der Waals surface area (Å²) in [5.74, 6) is 2.28. The van der Waals surface area contributed by atoms with Crippen LogP contribution in [0.2, 0.25) is 0 Å². The first-order valence-corrected chi connectivity index (χ1v) is 6.72. The van der Waals surface area contributed by atoms with Gasteiger partial charge in [-0.1, -0.05) is 17.3 Å². The van der Waals surface area contributed by atoms with Crippen LogP contribution in [0.1, 0.15) is 24.5 Å². The van der Waals surface area contributed by atoms with Gasteiger partial charge in [0.05, 0.1) is 24.1 Å². The van der Waals surface area contributed by atoms with Crippen molar-refractivity contribution in [1.29, 1.82) is 0 Å². The van der Waals surface area contributed by atoms with E-state index in [4.69, 9.17) is 4.52 Å². The summed E-state index contributed by atoms with van der Waals surface area (Å²) in [6, 6.07) is 8.18. The average molecular weight is 271 g/mol. The molecule has 0 fully saturated rings. The number of hydrogen-bond donors (Lipinski definition) is 1. The maximum Gasteiger partial charge on any atom is 0.223 e. The van der Waals surface area contributed by atoms with Crippen molar-refractivity contribution in [3.8, 4) is 0 Å². The second kappa shape index (κ2) is 5.42. The van der Waals surface area contributed by atoms with E-state index >= 15 is 0 Å². The zero-order chi connectivity index (χ0) is 13.9. The van der Waals surface area contributed by atoms with E-state index in [0.717, 1.165) is 17.9 Å². The lowest BCUT2D eigenvalue weighted by Gasteiger charge is -2.06. The largest absolute Gasteiger partial charge is 0.340 e. The molecule has 0 bridgehead atoms. The molecule has 0 atom stereocenters. The summed E-state index contributed by atoms with van der Waals surface area (Å²) in [5, 5.41) is 7.16. The topological polar surface area (TPSA) is 68.8 Å². The third-order valence-electron chi connectivity index (χ3n) is 3.19. The standard InChI is InChI=1S/C14H17N5O/c1-3-19-12-7-5-4-6-11(12)17-14(19)9-15-8-13-16-10(2)20-18-13/h4-7,15H,3,8-9H2,1-2H3. The van der Waals surface area contributed by atoms with Crippen molar-refractivity contribution in [2.75, 3.05) is 0 Å². The molecule has 3 aromatic rings. The lowest BCUT2D eigenvalue weighted by molar-refractivity contribution is 0.385. The van der Waals surface area contributed by atoms with Gasteiger partial charge in [-0.05, 0) is 19.1 Å². The van der Waals surface area contributed by atoms with Crippen molar-refractivity contribution in [1.82, 2.24) is 25.0 Å². The number of hydrogen-bond acceptors (Lipinski definition) is 5. The predicted octanol–water partition coefficient (Wildman–Crippen LogP) is 2.04. The molecule has 0 aliphatic heterocycles. The molecule has 104 valence electrons. The molecule has 0 aliphatic carbocycles. The summed E-state index contributed by atoms with van der Waals surface area (Å²) in [4.78, 5) is 8.82. The summed E-state index contributed by atoms with van der Waals surface area (Å²) in [7, 11) is 0. The first-order valence-electron chi connectivity index (χ1n) is 6.72. The maximum atomic E-state index is 4.94. The van der Waals surface area contributed by atoms with Crippen LogP contribution in [0.25, 0.3) is 11.0 Å². The van der Waals surface area contributed by atoms with Gasteiger partial charge in [0, 0.05) is 13.5 Å². The van der Waals surface area contributed by atoms with Crippen molar-refractivity contribution >= 4 is 11.0 Å². The Morgan fingerprint density at radius 2 is 2.05 bits per heavy atom. The summed E-state index contributed by atoms with van der Waals surface area (Å²) in [6.45, 7) is 6.06. The van der Waals surface area contributed by atoms with E-state index < -0.39 is 0 Å². The minimum Gasteiger partial charge on any atom is -0.340 e. The molecule has 6 nitrogen and oxygen atoms in total. The van der Waals surface area contributed by atoms with Crippen molar-refractivity contribution in [3.05, 3.63) is 41.8 Å². The van der Waals surface area contributed by atoms with Crippen molar-refractivity contribution in [2.24, 2.45) is 0 Å². The Labute approximate surface area is 116 Å². The molecule has 0 radical (unpaired) electrons. The Balaban J connectivity index is 1.73. The Morgan fingerprint density at radius 1 is 1.20 bits per heavy atom. The molecule has 0 amide bonds. The van der Waals surface area contributed by atoms with Crippen LogP contribution in [0.5, 0.6) is 0 Å². The lowest BCUT2D eigenvalue weighted by atomic mass is 10.3. The van der Waals surface area contributed by atoms with E-state index in [9.17, 15) is 0 Å². The van der Waals surface area contributed by atoms with Gasteiger partial charge in [-0.15, -0.1) is 0 Å². The number of benzene rings is 1. The normalized spacial score (nSPS) is 11.3. The zero-order valence-electron chi connectivity index (χ0n) is 11.6. The van der Waals surface area contributed by atoms with Gasteiger partial charge in [0.15, 0.2) is 5.82 Å². The maximum absolute atomic E-state index is 4.94. The quantitative estimate of drug-likeness (QED) is 0.769. The lowest BCUT2D eigenvalue weighted by Crippen LogP contribution is -2.17. The molecule has 3 rings (SSSR count). The minimum atomic E-state index is 0.574. The van der Waals surface area contributed by atoms with E-state index in [0.29, 0.717) is 24.8 Å². The highest BCUT2D eigenvalue weighted by atomic mass is 16.5. The van der Waals surface area contributed by atoms with E-state index in [1.807, 2.05) is 18.2 Å². The number of nitrogens with one attached hydrogen (secondary N) is 1. The first-order chi connectivity index (χ1) is 9.78. The highest BCUT2D eigenvalue weighted by Gasteiger charge is 2.09. The smallest absolute Gasteiger partial charge is 0.223 e. The second-order valence-electron chi connectivity index (χ2n) is 4.59. The third-order valence-corrected chi connectivity index (χ3v) is 3.19. The highest BCUT2D eigenvalue weighted by molar-refractivity contribution is 5.75. The average Bonchev–Trinajstić information content (AvgIpc) is 3.02. The van der Waals surface area contributed by atoms with Gasteiger partial charge in [0.1, 0.15) is 5.82 Å². The number of rotatable bonds is 5. The van der Waals surface area contributed by atoms with Crippen LogP contribution in [-0.4, -0.2) is 19.7 Å². The van der Waals surface area contributed by atoms with E-state index in [2.05, 4.69) is 38.0 Å². The van der Waals surface area contributed by atoms with Gasteiger partial charge in [-0.2, -0.15) is 4.98 Å². The monoisotopic (exact) mass is 271 g/mol. The SMILES string of the molecule is CCn1c(CNCc2noc(C)n2)nc2ccccc21. The van der Waals surface area contributed by atoms with Gasteiger partial charge in [0.25, 0.3) is 0 Å². The zero-order valence-corrected chi connectivity index (χ0v) is 11.6. The Morgan fingerprint density at radius 3 is 2.80 bits per heavy atom. The van der Waals surface area contributed by atoms with Crippen molar-refractivity contribution in [2.45, 2.75) is 33.5 Å². The minimum absolute atomic E-state index is 0.574. The molecule has 0 aliphatic rings. The summed E-state index contributed by atoms with van der Waals surface area (Å²) >= 11 is 0. The van der Waals surface area contributed by atoms with E-state index in [-0.39, 0.29) is 0 Å². The fourth-order valence-electron chi connectivity index (χ4n) is 2.31. The fraction of sp³-hybridized carbons (Fsp3) is 0.357. The van der Waals surface area contributed by atoms with Crippen molar-refractivity contribution < 1.29 is 4.52 Å². The van der Waals surface area contributed by atoms with Crippen LogP contribution >= 0.6 is 0 Å². The number of imidazole rings is 1. The molecular weight excluding hydrogens is 254 g/mol. The molecule has 1 N–H and O–H groups in total. The van der Waals surface area contributed by atoms with Crippen LogP contribution in [0.15, 0.2) is 28.8 Å². The van der Waals surface area contributed by atoms with Gasteiger partial charge in [-0.25, -0.2) is 4.98 Å². The van der Waals surface area contributed by atoms with Crippen LogP contribution in [0.3, 0.4) is 0 Å². The molecule has 0 unspecified atom stereocenters. The first kappa shape index (κ1) is 12.8. The molecule has 6 heteroatoms. The number of aryl methyl sites for hydroxylation is 2. The van der Waals surface area contributed by atoms with Gasteiger partial charge in [0.2, 0.25) is 5.89 Å². The molecule has 2 aromatic heterocycles. The number of fused-ring (bicyclic) bond motifs is 1. The van der Waals surface area contributed by atoms with Crippen LogP contribution in [0.4, 0.5) is 0 Å². The Hall–Kier alpha value is -2.21. The van der Waals surface area contributed by atoms with Gasteiger partial charge >= 0.3 is 0 Å². The summed E-state index contributed by atoms with van der Waals surface area (Å²) in [5.41, 5.74) is 2.20. The number of nitrogens with zero attached hydrogens (tertiary/aromatic N) is 4. The Bertz CT molecular complexity index is 715. The third kappa shape index (κ3) is 2.42. The second-order valence-corrected chi connectivity index (χ2v) is 4.59. The molecule has 0 spiro atoms. The highest BCUT2D eigenvalue weighted by Crippen LogP contribution is 2.15. The van der Waals surface area contributed by atoms with Crippen LogP contribution in [0, 0.1) is 6.92 Å². The number of aromatic nitrogens is 4. The molecular formula is C14H17N5O. The molecule has 0 saturated carbocycles. The predicted molar refractivity (Wildman–Crippen MR) is 75.0 cm³/mol. The van der Waals surface area contributed by atoms with Gasteiger partial charge < -0.3 is 14.4 Å². The van der Waals surface area contributed by atoms with E-state index in [1.54, 1.807) is 6.92 Å². The molecule has 2 heterocycles. The van der Waals surface area contributed by atoms with Gasteiger partial charge in [-0.3, -0.25) is 0 Å². The molecule has 0 saturated heterocycles. The summed E-state index contributed by atoms with van der Waals surface area (Å²) in [6.07, 6.45) is 0. The van der Waals surface area contributed by atoms with E-state index in [1.165, 1.54) is 5.52 Å². The van der Waals surface area contributed by atoms with Crippen LogP contribution in [-0.2, 0) is 19.6 Å². The Kier molecular flexibility index (Phi) is 3.47. The molecule has 1 aromatic carbocycles. The number of para-hydroxylation sites is 2. The molecule has 20 heavy (non-hydrogen) atoms. The van der Waals surface area contributed by atoms with Crippen LogP contribution < -0.4 is 5.32 Å². The fourth-order valence-corrected chi connectivity index (χ4v) is 2.31.